The van der Waals surface area contributed by atoms with Crippen LogP contribution in [0.5, 0.6) is 0 Å². The second kappa shape index (κ2) is 5.19. The third-order valence-electron chi connectivity index (χ3n) is 2.67. The standard InChI is InChI=1S/C13H14ClN3OS/c1-6(14)5-16-13(18)12-11(15)10-8(3)17-7(2)4-9(10)19-12/h4H,1,5,15H2,2-3H3,(H,16,18). The topological polar surface area (TPSA) is 68.0 Å². The van der Waals surface area contributed by atoms with Crippen LogP contribution in [0.1, 0.15) is 21.1 Å². The minimum absolute atomic E-state index is 0.227. The van der Waals surface area contributed by atoms with Gasteiger partial charge in [0.1, 0.15) is 4.88 Å². The number of nitrogens with zero attached hydrogens (tertiary/aromatic N) is 1. The molecule has 0 spiro atoms. The fraction of sp³-hybridized carbons (Fsp3) is 0.231. The first-order valence-corrected chi connectivity index (χ1v) is 6.87. The zero-order chi connectivity index (χ0) is 14.2. The lowest BCUT2D eigenvalue weighted by Crippen LogP contribution is -2.24. The first-order valence-electron chi connectivity index (χ1n) is 5.68. The molecule has 0 aliphatic rings. The summed E-state index contributed by atoms with van der Waals surface area (Å²) in [5.41, 5.74) is 8.27. The molecular weight excluding hydrogens is 282 g/mol. The van der Waals surface area contributed by atoms with Gasteiger partial charge in [0.2, 0.25) is 0 Å². The number of hydrogen-bond acceptors (Lipinski definition) is 4. The summed E-state index contributed by atoms with van der Waals surface area (Å²) in [5, 5.41) is 3.90. The first-order chi connectivity index (χ1) is 8.90. The lowest BCUT2D eigenvalue weighted by Gasteiger charge is -2.02. The Morgan fingerprint density at radius 3 is 2.89 bits per heavy atom. The lowest BCUT2D eigenvalue weighted by atomic mass is 10.2. The summed E-state index contributed by atoms with van der Waals surface area (Å²) in [6.07, 6.45) is 0. The number of anilines is 1. The zero-order valence-electron chi connectivity index (χ0n) is 10.7. The average molecular weight is 296 g/mol. The molecule has 0 aromatic carbocycles. The van der Waals surface area contributed by atoms with E-state index < -0.39 is 0 Å². The van der Waals surface area contributed by atoms with Crippen LogP contribution in [-0.4, -0.2) is 17.4 Å². The predicted octanol–water partition coefficient (Wildman–Crippen LogP) is 2.98. The number of nitrogen functional groups attached to an aromatic ring is 1. The minimum Gasteiger partial charge on any atom is -0.397 e. The van der Waals surface area contributed by atoms with Gasteiger partial charge in [0, 0.05) is 26.5 Å². The van der Waals surface area contributed by atoms with Crippen LogP contribution in [0.2, 0.25) is 0 Å². The van der Waals surface area contributed by atoms with Gasteiger partial charge in [0.15, 0.2) is 0 Å². The molecule has 0 saturated carbocycles. The van der Waals surface area contributed by atoms with Gasteiger partial charge >= 0.3 is 0 Å². The molecule has 0 fully saturated rings. The maximum Gasteiger partial charge on any atom is 0.263 e. The molecule has 19 heavy (non-hydrogen) atoms. The molecule has 0 bridgehead atoms. The third kappa shape index (κ3) is 2.72. The molecule has 0 unspecified atom stereocenters. The van der Waals surface area contributed by atoms with E-state index in [0.717, 1.165) is 21.5 Å². The van der Waals surface area contributed by atoms with Crippen LogP contribution in [0, 0.1) is 13.8 Å². The number of aryl methyl sites for hydroxylation is 2. The smallest absolute Gasteiger partial charge is 0.263 e. The van der Waals surface area contributed by atoms with E-state index in [0.29, 0.717) is 15.6 Å². The van der Waals surface area contributed by atoms with Crippen molar-refractivity contribution in [1.82, 2.24) is 10.3 Å². The highest BCUT2D eigenvalue weighted by atomic mass is 35.5. The molecule has 2 aromatic rings. The van der Waals surface area contributed by atoms with Crippen molar-refractivity contribution in [1.29, 1.82) is 0 Å². The van der Waals surface area contributed by atoms with Gasteiger partial charge in [-0.1, -0.05) is 18.2 Å². The van der Waals surface area contributed by atoms with Gasteiger partial charge in [-0.25, -0.2) is 0 Å². The van der Waals surface area contributed by atoms with Crippen molar-refractivity contribution < 1.29 is 4.79 Å². The molecule has 6 heteroatoms. The monoisotopic (exact) mass is 295 g/mol. The number of fused-ring (bicyclic) bond motifs is 1. The largest absolute Gasteiger partial charge is 0.397 e. The summed E-state index contributed by atoms with van der Waals surface area (Å²) in [7, 11) is 0. The van der Waals surface area contributed by atoms with Crippen molar-refractivity contribution in [3.8, 4) is 0 Å². The molecule has 0 radical (unpaired) electrons. The maximum atomic E-state index is 12.0. The van der Waals surface area contributed by atoms with Crippen molar-refractivity contribution in [2.45, 2.75) is 13.8 Å². The minimum atomic E-state index is -0.238. The van der Waals surface area contributed by atoms with Gasteiger partial charge < -0.3 is 11.1 Å². The predicted molar refractivity (Wildman–Crippen MR) is 80.8 cm³/mol. The summed E-state index contributed by atoms with van der Waals surface area (Å²) in [4.78, 5) is 16.9. The molecule has 0 atom stereocenters. The molecular formula is C13H14ClN3OS. The van der Waals surface area contributed by atoms with Gasteiger partial charge in [-0.2, -0.15) is 0 Å². The molecule has 1 amide bonds. The lowest BCUT2D eigenvalue weighted by molar-refractivity contribution is 0.0962. The number of nitrogens with one attached hydrogen (secondary N) is 1. The summed E-state index contributed by atoms with van der Waals surface area (Å²) >= 11 is 6.99. The zero-order valence-corrected chi connectivity index (χ0v) is 12.3. The van der Waals surface area contributed by atoms with Crippen molar-refractivity contribution in [3.05, 3.63) is 33.9 Å². The Labute approximate surface area is 120 Å². The maximum absolute atomic E-state index is 12.0. The third-order valence-corrected chi connectivity index (χ3v) is 3.95. The van der Waals surface area contributed by atoms with Gasteiger partial charge in [-0.3, -0.25) is 9.78 Å². The second-order valence-corrected chi connectivity index (χ2v) is 5.85. The number of halogens is 1. The van der Waals surface area contributed by atoms with Gasteiger partial charge in [0.25, 0.3) is 5.91 Å². The van der Waals surface area contributed by atoms with E-state index in [9.17, 15) is 4.79 Å². The van der Waals surface area contributed by atoms with E-state index in [1.54, 1.807) is 0 Å². The van der Waals surface area contributed by atoms with Crippen LogP contribution >= 0.6 is 22.9 Å². The number of nitrogens with two attached hydrogens (primary N) is 1. The van der Waals surface area contributed by atoms with E-state index in [-0.39, 0.29) is 12.5 Å². The Kier molecular flexibility index (Phi) is 3.78. The fourth-order valence-corrected chi connectivity index (χ4v) is 3.16. The van der Waals surface area contributed by atoms with Crippen molar-refractivity contribution in [2.24, 2.45) is 0 Å². The highest BCUT2D eigenvalue weighted by Gasteiger charge is 2.18. The van der Waals surface area contributed by atoms with E-state index in [2.05, 4.69) is 16.9 Å². The summed E-state index contributed by atoms with van der Waals surface area (Å²) < 4.78 is 0.970. The van der Waals surface area contributed by atoms with E-state index in [1.165, 1.54) is 11.3 Å². The Bertz CT molecular complexity index is 678. The number of carbonyl (C=O) groups is 1. The number of rotatable bonds is 3. The quantitative estimate of drug-likeness (QED) is 0.914. The van der Waals surface area contributed by atoms with Crippen molar-refractivity contribution in [2.75, 3.05) is 12.3 Å². The van der Waals surface area contributed by atoms with Crippen LogP contribution in [-0.2, 0) is 0 Å². The average Bonchev–Trinajstić information content (AvgIpc) is 2.63. The highest BCUT2D eigenvalue weighted by molar-refractivity contribution is 7.21. The number of hydrogen-bond donors (Lipinski definition) is 2. The molecule has 100 valence electrons. The molecule has 0 saturated heterocycles. The normalized spacial score (nSPS) is 10.7. The van der Waals surface area contributed by atoms with Crippen LogP contribution in [0.25, 0.3) is 10.1 Å². The Balaban J connectivity index is 2.45. The second-order valence-electron chi connectivity index (χ2n) is 4.27. The van der Waals surface area contributed by atoms with E-state index >= 15 is 0 Å². The molecule has 2 rings (SSSR count). The number of thiophene rings is 1. The summed E-state index contributed by atoms with van der Waals surface area (Å²) in [6, 6.07) is 1.93. The number of aromatic nitrogens is 1. The Morgan fingerprint density at radius 2 is 2.26 bits per heavy atom. The van der Waals surface area contributed by atoms with Crippen LogP contribution in [0.15, 0.2) is 17.7 Å². The van der Waals surface area contributed by atoms with Crippen LogP contribution < -0.4 is 11.1 Å². The van der Waals surface area contributed by atoms with Crippen LogP contribution in [0.4, 0.5) is 5.69 Å². The van der Waals surface area contributed by atoms with Crippen molar-refractivity contribution >= 4 is 44.6 Å². The molecule has 0 aliphatic heterocycles. The fourth-order valence-electron chi connectivity index (χ4n) is 1.90. The SMILES string of the molecule is C=C(Cl)CNC(=O)c1sc2cc(C)nc(C)c2c1N. The van der Waals surface area contributed by atoms with Crippen LogP contribution in [0.3, 0.4) is 0 Å². The van der Waals surface area contributed by atoms with Gasteiger partial charge in [0.05, 0.1) is 12.2 Å². The van der Waals surface area contributed by atoms with E-state index in [1.807, 2.05) is 19.9 Å². The van der Waals surface area contributed by atoms with Gasteiger partial charge in [-0.05, 0) is 19.9 Å². The molecule has 2 aromatic heterocycles. The highest BCUT2D eigenvalue weighted by Crippen LogP contribution is 2.35. The number of pyridine rings is 1. The Morgan fingerprint density at radius 1 is 1.58 bits per heavy atom. The molecule has 4 nitrogen and oxygen atoms in total. The molecule has 2 heterocycles. The Hall–Kier alpha value is -1.59. The van der Waals surface area contributed by atoms with Gasteiger partial charge in [-0.15, -0.1) is 11.3 Å². The summed E-state index contributed by atoms with van der Waals surface area (Å²) in [5.74, 6) is -0.238. The molecule has 0 aliphatic carbocycles. The van der Waals surface area contributed by atoms with Crippen molar-refractivity contribution in [3.63, 3.8) is 0 Å². The first kappa shape index (κ1) is 13.8. The molecule has 3 N–H and O–H groups in total. The summed E-state index contributed by atoms with van der Waals surface area (Å²) in [6.45, 7) is 7.56. The van der Waals surface area contributed by atoms with E-state index in [4.69, 9.17) is 17.3 Å². The number of carbonyl (C=O) groups excluding carboxylic acids is 1. The number of amides is 1.